The van der Waals surface area contributed by atoms with E-state index in [1.807, 2.05) is 0 Å². The van der Waals surface area contributed by atoms with Crippen LogP contribution in [0.25, 0.3) is 5.69 Å². The van der Waals surface area contributed by atoms with Crippen LogP contribution in [0.3, 0.4) is 0 Å². The number of carbonyl (C=O) groups is 2. The first-order valence-corrected chi connectivity index (χ1v) is 9.54. The van der Waals surface area contributed by atoms with Gasteiger partial charge in [-0.05, 0) is 49.7 Å². The van der Waals surface area contributed by atoms with Crippen molar-refractivity contribution < 1.29 is 18.7 Å². The molecular weight excluding hydrogens is 411 g/mol. The third-order valence-electron chi connectivity index (χ3n) is 4.28. The van der Waals surface area contributed by atoms with Crippen molar-refractivity contribution in [2.24, 2.45) is 0 Å². The van der Waals surface area contributed by atoms with Crippen LogP contribution < -0.4 is 15.4 Å². The van der Waals surface area contributed by atoms with Crippen LogP contribution in [0.4, 0.5) is 10.1 Å². The molecule has 0 saturated heterocycles. The highest BCUT2D eigenvalue weighted by Crippen LogP contribution is 2.27. The van der Waals surface area contributed by atoms with Crippen LogP contribution in [0.15, 0.2) is 42.5 Å². The molecule has 9 heteroatoms. The summed E-state index contributed by atoms with van der Waals surface area (Å²) >= 11 is 6.08. The molecule has 0 aliphatic heterocycles. The van der Waals surface area contributed by atoms with Crippen LogP contribution in [0.5, 0.6) is 5.88 Å². The lowest BCUT2D eigenvalue weighted by Gasteiger charge is -2.14. The minimum Gasteiger partial charge on any atom is -0.477 e. The maximum atomic E-state index is 13.7. The molecule has 3 rings (SSSR count). The summed E-state index contributed by atoms with van der Waals surface area (Å²) in [5.74, 6) is -1.20. The van der Waals surface area contributed by atoms with E-state index < -0.39 is 17.6 Å². The molecule has 0 aliphatic carbocycles. The number of halogens is 2. The van der Waals surface area contributed by atoms with Gasteiger partial charge in [0, 0.05) is 18.1 Å². The highest BCUT2D eigenvalue weighted by molar-refractivity contribution is 6.31. The second-order valence-electron chi connectivity index (χ2n) is 6.37. The van der Waals surface area contributed by atoms with Crippen LogP contribution in [0.2, 0.25) is 5.02 Å². The summed E-state index contributed by atoms with van der Waals surface area (Å²) in [6.45, 7) is 3.86. The lowest BCUT2D eigenvalue weighted by atomic mass is 10.1. The Bertz CT molecular complexity index is 1110. The minimum atomic E-state index is -0.548. The molecule has 30 heavy (non-hydrogen) atoms. The standard InChI is InChI=1S/C21H20ClFN4O3/c1-4-30-18-11-17(27(26-18)15-7-5-6-14(23)10-15)21(29)25-19-12(2)8-13(22)9-16(19)20(28)24-3/h5-11H,4H2,1-3H3,(H,24,28)(H,25,29). The SMILES string of the molecule is CCOc1cc(C(=O)Nc2c(C)cc(Cl)cc2C(=O)NC)n(-c2cccc(F)c2)n1. The number of anilines is 1. The normalized spacial score (nSPS) is 10.6. The summed E-state index contributed by atoms with van der Waals surface area (Å²) in [6, 6.07) is 10.2. The molecular formula is C21H20ClFN4O3. The number of carbonyl (C=O) groups excluding carboxylic acids is 2. The molecule has 2 amide bonds. The second kappa shape index (κ2) is 8.96. The number of amides is 2. The number of ether oxygens (including phenoxy) is 1. The average Bonchev–Trinajstić information content (AvgIpc) is 3.13. The summed E-state index contributed by atoms with van der Waals surface area (Å²) in [7, 11) is 1.48. The van der Waals surface area contributed by atoms with Gasteiger partial charge in [-0.1, -0.05) is 17.7 Å². The number of hydrogen-bond acceptors (Lipinski definition) is 4. The zero-order chi connectivity index (χ0) is 21.8. The number of nitrogens with zero attached hydrogens (tertiary/aromatic N) is 2. The number of aromatic nitrogens is 2. The predicted octanol–water partition coefficient (Wildman–Crippen LogP) is 3.98. The van der Waals surface area contributed by atoms with Gasteiger partial charge >= 0.3 is 0 Å². The van der Waals surface area contributed by atoms with Crippen LogP contribution in [0.1, 0.15) is 33.3 Å². The van der Waals surface area contributed by atoms with Crippen molar-refractivity contribution in [2.75, 3.05) is 19.0 Å². The quantitative estimate of drug-likeness (QED) is 0.619. The van der Waals surface area contributed by atoms with Gasteiger partial charge in [-0.15, -0.1) is 5.10 Å². The summed E-state index contributed by atoms with van der Waals surface area (Å²) in [5.41, 5.74) is 1.61. The van der Waals surface area contributed by atoms with Crippen molar-refractivity contribution in [1.29, 1.82) is 0 Å². The van der Waals surface area contributed by atoms with Gasteiger partial charge in [0.25, 0.3) is 11.8 Å². The van der Waals surface area contributed by atoms with E-state index in [-0.39, 0.29) is 17.1 Å². The molecule has 0 unspecified atom stereocenters. The molecule has 3 aromatic rings. The van der Waals surface area contributed by atoms with Gasteiger partial charge < -0.3 is 15.4 Å². The monoisotopic (exact) mass is 430 g/mol. The Balaban J connectivity index is 2.05. The fraction of sp³-hybridized carbons (Fsp3) is 0.190. The largest absolute Gasteiger partial charge is 0.477 e. The van der Waals surface area contributed by atoms with Crippen LogP contribution in [0, 0.1) is 12.7 Å². The molecule has 0 fully saturated rings. The highest BCUT2D eigenvalue weighted by atomic mass is 35.5. The zero-order valence-corrected chi connectivity index (χ0v) is 17.4. The summed E-state index contributed by atoms with van der Waals surface area (Å²) < 4.78 is 20.4. The molecule has 2 N–H and O–H groups in total. The van der Waals surface area contributed by atoms with E-state index in [0.717, 1.165) is 0 Å². The van der Waals surface area contributed by atoms with Crippen molar-refractivity contribution in [3.8, 4) is 11.6 Å². The summed E-state index contributed by atoms with van der Waals surface area (Å²) in [5, 5.41) is 9.89. The molecule has 2 aromatic carbocycles. The molecule has 1 heterocycles. The Kier molecular flexibility index (Phi) is 6.37. The van der Waals surface area contributed by atoms with Gasteiger partial charge in [0.05, 0.1) is 23.5 Å². The molecule has 1 aromatic heterocycles. The third-order valence-corrected chi connectivity index (χ3v) is 4.49. The lowest BCUT2D eigenvalue weighted by Crippen LogP contribution is -2.23. The van der Waals surface area contributed by atoms with Crippen LogP contribution in [-0.4, -0.2) is 35.2 Å². The fourth-order valence-corrected chi connectivity index (χ4v) is 3.22. The minimum absolute atomic E-state index is 0.112. The maximum Gasteiger partial charge on any atom is 0.274 e. The van der Waals surface area contributed by atoms with Crippen LogP contribution >= 0.6 is 11.6 Å². The van der Waals surface area contributed by atoms with E-state index in [4.69, 9.17) is 16.3 Å². The van der Waals surface area contributed by atoms with E-state index >= 15 is 0 Å². The van der Waals surface area contributed by atoms with Gasteiger partial charge in [-0.2, -0.15) is 0 Å². The van der Waals surface area contributed by atoms with E-state index in [1.54, 1.807) is 26.0 Å². The highest BCUT2D eigenvalue weighted by Gasteiger charge is 2.21. The van der Waals surface area contributed by atoms with E-state index in [0.29, 0.717) is 28.6 Å². The number of hydrogen-bond donors (Lipinski definition) is 2. The first-order chi connectivity index (χ1) is 14.3. The lowest BCUT2D eigenvalue weighted by molar-refractivity contribution is 0.0964. The smallest absolute Gasteiger partial charge is 0.274 e. The van der Waals surface area contributed by atoms with E-state index in [1.165, 1.54) is 42.1 Å². The average molecular weight is 431 g/mol. The van der Waals surface area contributed by atoms with Crippen molar-refractivity contribution >= 4 is 29.1 Å². The van der Waals surface area contributed by atoms with Gasteiger partial charge in [0.1, 0.15) is 11.5 Å². The molecule has 0 radical (unpaired) electrons. The molecule has 156 valence electrons. The Morgan fingerprint density at radius 2 is 1.97 bits per heavy atom. The maximum absolute atomic E-state index is 13.7. The van der Waals surface area contributed by atoms with E-state index in [9.17, 15) is 14.0 Å². The summed E-state index contributed by atoms with van der Waals surface area (Å²) in [4.78, 5) is 25.4. The Morgan fingerprint density at radius 1 is 1.20 bits per heavy atom. The fourth-order valence-electron chi connectivity index (χ4n) is 2.94. The molecule has 0 aliphatic rings. The molecule has 0 bridgehead atoms. The Labute approximate surface area is 177 Å². The second-order valence-corrected chi connectivity index (χ2v) is 6.81. The number of aryl methyl sites for hydroxylation is 1. The van der Waals surface area contributed by atoms with Crippen molar-refractivity contribution in [1.82, 2.24) is 15.1 Å². The van der Waals surface area contributed by atoms with Crippen molar-refractivity contribution in [2.45, 2.75) is 13.8 Å². The number of nitrogens with one attached hydrogen (secondary N) is 2. The van der Waals surface area contributed by atoms with Crippen molar-refractivity contribution in [3.63, 3.8) is 0 Å². The number of benzene rings is 2. The van der Waals surface area contributed by atoms with Gasteiger partial charge in [0.2, 0.25) is 5.88 Å². The zero-order valence-electron chi connectivity index (χ0n) is 16.6. The first kappa shape index (κ1) is 21.3. The molecule has 7 nitrogen and oxygen atoms in total. The van der Waals surface area contributed by atoms with Gasteiger partial charge in [-0.3, -0.25) is 9.59 Å². The topological polar surface area (TPSA) is 85.2 Å². The van der Waals surface area contributed by atoms with Crippen LogP contribution in [-0.2, 0) is 0 Å². The number of rotatable bonds is 6. The third kappa shape index (κ3) is 4.44. The van der Waals surface area contributed by atoms with E-state index in [2.05, 4.69) is 15.7 Å². The van der Waals surface area contributed by atoms with Gasteiger partial charge in [-0.25, -0.2) is 9.07 Å². The molecule has 0 atom stereocenters. The predicted molar refractivity (Wildman–Crippen MR) is 112 cm³/mol. The molecule has 0 saturated carbocycles. The van der Waals surface area contributed by atoms with Crippen molar-refractivity contribution in [3.05, 3.63) is 70.1 Å². The van der Waals surface area contributed by atoms with Gasteiger partial charge in [0.15, 0.2) is 0 Å². The Morgan fingerprint density at radius 3 is 2.63 bits per heavy atom. The summed E-state index contributed by atoms with van der Waals surface area (Å²) in [6.07, 6.45) is 0. The molecule has 0 spiro atoms. The first-order valence-electron chi connectivity index (χ1n) is 9.16. The Hall–Kier alpha value is -3.39.